The predicted molar refractivity (Wildman–Crippen MR) is 41.7 cm³/mol. The number of hydrogen-bond acceptors (Lipinski definition) is 0. The molecule has 0 unspecified atom stereocenters. The second-order valence-corrected chi connectivity index (χ2v) is 3.03. The predicted octanol–water partition coefficient (Wildman–Crippen LogP) is 3.42. The highest BCUT2D eigenvalue weighted by Gasteiger charge is 2.01. The molecule has 0 nitrogen and oxygen atoms in total. The van der Waals surface area contributed by atoms with E-state index in [0.717, 1.165) is 18.4 Å². The molecule has 0 bridgehead atoms. The first kappa shape index (κ1) is 7.17. The average Bonchev–Trinajstić information content (AvgIpc) is 1.90. The summed E-state index contributed by atoms with van der Waals surface area (Å²) in [6.07, 6.45) is 7.46. The van der Waals surface area contributed by atoms with Gasteiger partial charge in [-0.25, -0.2) is 0 Å². The summed E-state index contributed by atoms with van der Waals surface area (Å²) in [6.45, 7) is 0. The first-order valence-electron chi connectivity index (χ1n) is 3.01. The molecule has 0 amide bonds. The van der Waals surface area contributed by atoms with Gasteiger partial charge in [0.2, 0.25) is 0 Å². The van der Waals surface area contributed by atoms with Gasteiger partial charge in [-0.3, -0.25) is 0 Å². The Hall–Kier alpha value is 0.0600. The molecular weight excluding hydrogens is 155 g/mol. The second-order valence-electron chi connectivity index (χ2n) is 2.08. The van der Waals surface area contributed by atoms with Crippen LogP contribution in [0.5, 0.6) is 0 Å². The molecule has 0 spiro atoms. The maximum absolute atomic E-state index is 5.55. The number of halogens is 2. The highest BCUT2D eigenvalue weighted by atomic mass is 35.5. The van der Waals surface area contributed by atoms with Gasteiger partial charge in [0, 0.05) is 0 Å². The molecule has 1 aliphatic carbocycles. The fourth-order valence-electron chi connectivity index (χ4n) is 0.877. The smallest absolute Gasteiger partial charge is 0.0842 e. The van der Waals surface area contributed by atoms with Gasteiger partial charge in [-0.05, 0) is 24.8 Å². The molecule has 2 heteroatoms. The van der Waals surface area contributed by atoms with E-state index in [4.69, 9.17) is 23.2 Å². The van der Waals surface area contributed by atoms with E-state index in [0.29, 0.717) is 4.49 Å². The number of allylic oxidation sites excluding steroid dienone is 3. The normalized spacial score (nSPS) is 18.2. The lowest BCUT2D eigenvalue weighted by Gasteiger charge is -2.05. The lowest BCUT2D eigenvalue weighted by atomic mass is 10.0. The Bertz CT molecular complexity index is 152. The van der Waals surface area contributed by atoms with Crippen molar-refractivity contribution in [3.8, 4) is 0 Å². The highest BCUT2D eigenvalue weighted by molar-refractivity contribution is 6.56. The molecule has 0 aromatic rings. The summed E-state index contributed by atoms with van der Waals surface area (Å²) in [6, 6.07) is 0. The monoisotopic (exact) mass is 162 g/mol. The molecule has 1 rings (SSSR count). The Labute approximate surface area is 65.2 Å². The van der Waals surface area contributed by atoms with Crippen molar-refractivity contribution in [2.75, 3.05) is 0 Å². The summed E-state index contributed by atoms with van der Waals surface area (Å²) in [7, 11) is 0. The van der Waals surface area contributed by atoms with Crippen LogP contribution in [0.1, 0.15) is 19.3 Å². The third kappa shape index (κ3) is 2.04. The summed E-state index contributed by atoms with van der Waals surface area (Å²) in [4.78, 5) is 0. The zero-order valence-corrected chi connectivity index (χ0v) is 6.54. The molecule has 1 aliphatic rings. The Kier molecular flexibility index (Phi) is 2.62. The van der Waals surface area contributed by atoms with Crippen molar-refractivity contribution in [2.24, 2.45) is 0 Å². The lowest BCUT2D eigenvalue weighted by Crippen LogP contribution is -1.86. The van der Waals surface area contributed by atoms with E-state index < -0.39 is 0 Å². The van der Waals surface area contributed by atoms with Crippen molar-refractivity contribution in [1.82, 2.24) is 0 Å². The molecule has 50 valence electrons. The summed E-state index contributed by atoms with van der Waals surface area (Å²) in [5, 5.41) is 0. The summed E-state index contributed by atoms with van der Waals surface area (Å²) in [5.41, 5.74) is 1.07. The molecule has 0 aromatic heterocycles. The molecule has 0 fully saturated rings. The van der Waals surface area contributed by atoms with Crippen LogP contribution in [-0.4, -0.2) is 0 Å². The molecule has 0 heterocycles. The Balaban J connectivity index is 2.71. The van der Waals surface area contributed by atoms with Gasteiger partial charge < -0.3 is 0 Å². The minimum absolute atomic E-state index is 0.422. The molecule has 9 heavy (non-hydrogen) atoms. The molecule has 0 aliphatic heterocycles. The van der Waals surface area contributed by atoms with Gasteiger partial charge >= 0.3 is 0 Å². The van der Waals surface area contributed by atoms with Crippen LogP contribution < -0.4 is 0 Å². The van der Waals surface area contributed by atoms with Crippen LogP contribution in [0.2, 0.25) is 0 Å². The van der Waals surface area contributed by atoms with Gasteiger partial charge in [0.05, 0.1) is 0 Å². The van der Waals surface area contributed by atoms with Crippen molar-refractivity contribution in [2.45, 2.75) is 19.3 Å². The van der Waals surface area contributed by atoms with Crippen LogP contribution in [0.3, 0.4) is 0 Å². The largest absolute Gasteiger partial charge is 0.110 e. The standard InChI is InChI=1S/C7H8Cl2/c8-7(9)6-4-2-1-3-5-6/h2,4H,1,3,5H2. The van der Waals surface area contributed by atoms with E-state index in [1.165, 1.54) is 6.42 Å². The summed E-state index contributed by atoms with van der Waals surface area (Å²) >= 11 is 11.1. The van der Waals surface area contributed by atoms with Crippen LogP contribution in [0, 0.1) is 0 Å². The topological polar surface area (TPSA) is 0 Å². The Morgan fingerprint density at radius 1 is 1.44 bits per heavy atom. The van der Waals surface area contributed by atoms with E-state index in [1.807, 2.05) is 6.08 Å². The Morgan fingerprint density at radius 3 is 2.56 bits per heavy atom. The average molecular weight is 163 g/mol. The zero-order chi connectivity index (χ0) is 6.69. The van der Waals surface area contributed by atoms with Crippen molar-refractivity contribution in [3.05, 3.63) is 22.2 Å². The van der Waals surface area contributed by atoms with E-state index in [-0.39, 0.29) is 0 Å². The lowest BCUT2D eigenvalue weighted by molar-refractivity contribution is 0.821. The molecule has 0 aromatic carbocycles. The third-order valence-electron chi connectivity index (χ3n) is 1.38. The maximum Gasteiger partial charge on any atom is 0.110 e. The minimum Gasteiger partial charge on any atom is -0.0842 e. The minimum atomic E-state index is 0.422. The third-order valence-corrected chi connectivity index (χ3v) is 1.86. The molecular formula is C7H8Cl2. The van der Waals surface area contributed by atoms with Crippen LogP contribution >= 0.6 is 23.2 Å². The van der Waals surface area contributed by atoms with Gasteiger partial charge in [0.15, 0.2) is 0 Å². The maximum atomic E-state index is 5.55. The van der Waals surface area contributed by atoms with Crippen molar-refractivity contribution in [3.63, 3.8) is 0 Å². The van der Waals surface area contributed by atoms with Gasteiger partial charge in [-0.15, -0.1) is 0 Å². The van der Waals surface area contributed by atoms with Crippen LogP contribution in [0.4, 0.5) is 0 Å². The van der Waals surface area contributed by atoms with E-state index in [2.05, 4.69) is 6.08 Å². The van der Waals surface area contributed by atoms with Gasteiger partial charge in [-0.2, -0.15) is 0 Å². The van der Waals surface area contributed by atoms with E-state index in [9.17, 15) is 0 Å². The van der Waals surface area contributed by atoms with Crippen LogP contribution in [0.15, 0.2) is 22.2 Å². The van der Waals surface area contributed by atoms with Crippen molar-refractivity contribution in [1.29, 1.82) is 0 Å². The molecule has 0 saturated heterocycles. The zero-order valence-electron chi connectivity index (χ0n) is 5.03. The molecule has 0 saturated carbocycles. The quantitative estimate of drug-likeness (QED) is 0.513. The van der Waals surface area contributed by atoms with Crippen molar-refractivity contribution < 1.29 is 0 Å². The fourth-order valence-corrected chi connectivity index (χ4v) is 1.19. The Morgan fingerprint density at radius 2 is 2.22 bits per heavy atom. The van der Waals surface area contributed by atoms with Gasteiger partial charge in [0.25, 0.3) is 0 Å². The van der Waals surface area contributed by atoms with Gasteiger partial charge in [-0.1, -0.05) is 35.4 Å². The molecule has 0 N–H and O–H groups in total. The van der Waals surface area contributed by atoms with E-state index >= 15 is 0 Å². The van der Waals surface area contributed by atoms with Crippen LogP contribution in [-0.2, 0) is 0 Å². The van der Waals surface area contributed by atoms with Crippen molar-refractivity contribution >= 4 is 23.2 Å². The van der Waals surface area contributed by atoms with E-state index in [1.54, 1.807) is 0 Å². The second kappa shape index (κ2) is 3.28. The SMILES string of the molecule is ClC(Cl)=C1C=CCCC1. The molecule has 0 radical (unpaired) electrons. The first-order valence-corrected chi connectivity index (χ1v) is 3.77. The summed E-state index contributed by atoms with van der Waals surface area (Å²) in [5.74, 6) is 0. The fraction of sp³-hybridized carbons (Fsp3) is 0.429. The number of hydrogen-bond donors (Lipinski definition) is 0. The molecule has 0 atom stereocenters. The van der Waals surface area contributed by atoms with Crippen LogP contribution in [0.25, 0.3) is 0 Å². The first-order chi connectivity index (χ1) is 4.30. The van der Waals surface area contributed by atoms with Gasteiger partial charge in [0.1, 0.15) is 4.49 Å². The summed E-state index contributed by atoms with van der Waals surface area (Å²) < 4.78 is 0.422. The highest BCUT2D eigenvalue weighted by Crippen LogP contribution is 2.23. The number of rotatable bonds is 0.